The van der Waals surface area contributed by atoms with Crippen LogP contribution in [0, 0.1) is 0 Å². The first-order valence-corrected chi connectivity index (χ1v) is 16.9. The summed E-state index contributed by atoms with van der Waals surface area (Å²) < 4.78 is 5.93. The Balaban J connectivity index is 2.23. The van der Waals surface area contributed by atoms with Crippen LogP contribution in [0.3, 0.4) is 0 Å². The molecule has 1 aromatic carbocycles. The molecule has 0 aromatic heterocycles. The van der Waals surface area contributed by atoms with Gasteiger partial charge in [0.2, 0.25) is 0 Å². The van der Waals surface area contributed by atoms with E-state index in [0.29, 0.717) is 12.1 Å². The first-order chi connectivity index (χ1) is 9.75. The molecule has 1 aromatic rings. The van der Waals surface area contributed by atoms with Gasteiger partial charge < -0.3 is 0 Å². The van der Waals surface area contributed by atoms with Crippen molar-refractivity contribution in [1.29, 1.82) is 0 Å². The molecule has 0 unspecified atom stereocenters. The number of hydrogen-bond donors (Lipinski definition) is 0. The van der Waals surface area contributed by atoms with E-state index in [0.717, 1.165) is 14.9 Å². The third kappa shape index (κ3) is 3.15. The second kappa shape index (κ2) is 5.83. The number of nitrogens with zero attached hydrogens (tertiary/aromatic N) is 1. The second-order valence-electron chi connectivity index (χ2n) is 6.29. The van der Waals surface area contributed by atoms with Crippen LogP contribution < -0.4 is 4.74 Å². The molecular formula is C16H21NO3Sn. The maximum atomic E-state index is 12.6. The average Bonchev–Trinajstić information content (AvgIpc) is 2.63. The third-order valence-corrected chi connectivity index (χ3v) is 9.61. The Morgan fingerprint density at radius 3 is 2.05 bits per heavy atom. The van der Waals surface area contributed by atoms with Gasteiger partial charge in [0.15, 0.2) is 0 Å². The van der Waals surface area contributed by atoms with Crippen molar-refractivity contribution in [3.63, 3.8) is 0 Å². The van der Waals surface area contributed by atoms with Crippen LogP contribution >= 0.6 is 0 Å². The van der Waals surface area contributed by atoms with Crippen molar-refractivity contribution < 1.29 is 14.3 Å². The van der Waals surface area contributed by atoms with E-state index < -0.39 is 18.4 Å². The van der Waals surface area contributed by atoms with Crippen LogP contribution in [0.15, 0.2) is 33.4 Å². The molecule has 2 rings (SSSR count). The molecule has 0 saturated carbocycles. The molecule has 0 bridgehead atoms. The van der Waals surface area contributed by atoms with E-state index in [4.69, 9.17) is 4.74 Å². The molecule has 112 valence electrons. The number of amides is 2. The Labute approximate surface area is 129 Å². The molecule has 2 amide bonds. The van der Waals surface area contributed by atoms with E-state index in [9.17, 15) is 9.59 Å². The fourth-order valence-electron chi connectivity index (χ4n) is 2.64. The van der Waals surface area contributed by atoms with E-state index in [1.165, 1.54) is 4.90 Å². The number of carbonyl (C=O) groups excluding carboxylic acids is 2. The molecule has 0 N–H and O–H groups in total. The van der Waals surface area contributed by atoms with Crippen molar-refractivity contribution in [3.05, 3.63) is 39.0 Å². The van der Waals surface area contributed by atoms with Crippen LogP contribution in [-0.4, -0.2) is 42.2 Å². The molecule has 21 heavy (non-hydrogen) atoms. The summed E-state index contributed by atoms with van der Waals surface area (Å²) in [5.41, 5.74) is 1.58. The first-order valence-electron chi connectivity index (χ1n) is 6.96. The zero-order valence-electron chi connectivity index (χ0n) is 13.2. The minimum absolute atomic E-state index is 0.0865. The summed E-state index contributed by atoms with van der Waals surface area (Å²) >= 11 is -2.58. The number of methoxy groups -OCH3 is 1. The monoisotopic (exact) mass is 395 g/mol. The molecule has 1 aliphatic rings. The first kappa shape index (κ1) is 16.1. The summed E-state index contributed by atoms with van der Waals surface area (Å²) in [6.45, 7) is 2.11. The van der Waals surface area contributed by atoms with Gasteiger partial charge in [-0.25, -0.2) is 0 Å². The molecule has 0 atom stereocenters. The standard InChI is InChI=1S/C13H12NO3.3CH3.Sn/c1-9-7-12(15)14(13(9)16)8-10-3-5-11(17-2)6-4-10;;;;/h3-6H,8H2,1-2H3;3*1H3;. The van der Waals surface area contributed by atoms with Gasteiger partial charge in [-0.3, -0.25) is 0 Å². The number of imide groups is 1. The summed E-state index contributed by atoms with van der Waals surface area (Å²) in [5.74, 6) is 0.535. The van der Waals surface area contributed by atoms with Crippen molar-refractivity contribution in [3.8, 4) is 5.75 Å². The summed E-state index contributed by atoms with van der Waals surface area (Å²) in [4.78, 5) is 32.8. The Bertz CT molecular complexity index is 611. The van der Waals surface area contributed by atoms with Crippen LogP contribution in [0.25, 0.3) is 0 Å². The summed E-state index contributed by atoms with van der Waals surface area (Å²) in [7, 11) is 1.61. The van der Waals surface area contributed by atoms with Crippen molar-refractivity contribution in [2.24, 2.45) is 0 Å². The fraction of sp³-hybridized carbons (Fsp3) is 0.375. The molecule has 4 nitrogen and oxygen atoms in total. The average molecular weight is 394 g/mol. The summed E-state index contributed by atoms with van der Waals surface area (Å²) in [5, 5.41) is 0. The van der Waals surface area contributed by atoms with E-state index in [1.54, 1.807) is 14.0 Å². The number of carbonyl (C=O) groups is 2. The SMILES string of the molecule is COc1ccc(CN2C(=O)C(C)=[C]([Sn]([CH3])([CH3])[CH3])C2=O)cc1. The van der Waals surface area contributed by atoms with E-state index in [2.05, 4.69) is 14.8 Å². The van der Waals surface area contributed by atoms with E-state index in [1.807, 2.05) is 24.3 Å². The van der Waals surface area contributed by atoms with Crippen LogP contribution in [0.2, 0.25) is 14.8 Å². The van der Waals surface area contributed by atoms with Crippen molar-refractivity contribution in [1.82, 2.24) is 4.90 Å². The zero-order chi connectivity index (χ0) is 15.8. The molecule has 1 heterocycles. The topological polar surface area (TPSA) is 46.6 Å². The predicted molar refractivity (Wildman–Crippen MR) is 84.6 cm³/mol. The van der Waals surface area contributed by atoms with Crippen LogP contribution in [0.4, 0.5) is 0 Å². The van der Waals surface area contributed by atoms with Gasteiger partial charge >= 0.3 is 130 Å². The van der Waals surface area contributed by atoms with Gasteiger partial charge in [0, 0.05) is 0 Å². The zero-order valence-corrected chi connectivity index (χ0v) is 16.0. The Kier molecular flexibility index (Phi) is 4.46. The fourth-order valence-corrected chi connectivity index (χ4v) is 8.37. The van der Waals surface area contributed by atoms with Gasteiger partial charge in [-0.05, 0) is 0 Å². The van der Waals surface area contributed by atoms with E-state index in [-0.39, 0.29) is 11.8 Å². The predicted octanol–water partition coefficient (Wildman–Crippen LogP) is 2.76. The Hall–Kier alpha value is -1.30. The normalized spacial score (nSPS) is 16.0. The molecule has 0 saturated heterocycles. The molecule has 0 aliphatic carbocycles. The quantitative estimate of drug-likeness (QED) is 0.583. The molecule has 1 aliphatic heterocycles. The molecular weight excluding hydrogens is 373 g/mol. The number of benzene rings is 1. The molecule has 0 fully saturated rings. The van der Waals surface area contributed by atoms with Crippen molar-refractivity contribution in [2.45, 2.75) is 28.3 Å². The van der Waals surface area contributed by atoms with Gasteiger partial charge in [-0.15, -0.1) is 0 Å². The maximum absolute atomic E-state index is 12.6. The van der Waals surface area contributed by atoms with Crippen molar-refractivity contribution in [2.75, 3.05) is 7.11 Å². The van der Waals surface area contributed by atoms with Crippen molar-refractivity contribution >= 4 is 30.2 Å². The van der Waals surface area contributed by atoms with Gasteiger partial charge in [-0.1, -0.05) is 0 Å². The van der Waals surface area contributed by atoms with Gasteiger partial charge in [0.25, 0.3) is 0 Å². The number of hydrogen-bond acceptors (Lipinski definition) is 3. The summed E-state index contributed by atoms with van der Waals surface area (Å²) in [6.07, 6.45) is 0. The Morgan fingerprint density at radius 1 is 1.05 bits per heavy atom. The van der Waals surface area contributed by atoms with Crippen LogP contribution in [0.1, 0.15) is 12.5 Å². The van der Waals surface area contributed by atoms with E-state index >= 15 is 0 Å². The van der Waals surface area contributed by atoms with Crippen LogP contribution in [-0.2, 0) is 16.1 Å². The summed E-state index contributed by atoms with van der Waals surface area (Å²) in [6, 6.07) is 7.44. The van der Waals surface area contributed by atoms with Gasteiger partial charge in [-0.2, -0.15) is 0 Å². The van der Waals surface area contributed by atoms with Gasteiger partial charge in [0.1, 0.15) is 0 Å². The second-order valence-corrected chi connectivity index (χ2v) is 20.6. The minimum atomic E-state index is -2.58. The number of rotatable bonds is 4. The Morgan fingerprint density at radius 2 is 1.62 bits per heavy atom. The third-order valence-electron chi connectivity index (χ3n) is 3.65. The molecule has 0 radical (unpaired) electrons. The number of ether oxygens (including phenoxy) is 1. The molecule has 5 heteroatoms. The molecule has 0 spiro atoms. The van der Waals surface area contributed by atoms with Crippen LogP contribution in [0.5, 0.6) is 5.75 Å². The van der Waals surface area contributed by atoms with Gasteiger partial charge in [0.05, 0.1) is 0 Å².